The molecule has 1 aromatic rings. The Balaban J connectivity index is 2.09. The molecule has 2 N–H and O–H groups in total. The molecule has 0 radical (unpaired) electrons. The van der Waals surface area contributed by atoms with E-state index in [0.29, 0.717) is 38.2 Å². The van der Waals surface area contributed by atoms with Gasteiger partial charge in [0.2, 0.25) is 5.91 Å². The minimum atomic E-state index is -0.743. The molecule has 5 nitrogen and oxygen atoms in total. The van der Waals surface area contributed by atoms with Crippen molar-refractivity contribution in [3.8, 4) is 5.75 Å². The number of benzene rings is 1. The summed E-state index contributed by atoms with van der Waals surface area (Å²) in [5.41, 5.74) is 1.01. The van der Waals surface area contributed by atoms with Crippen LogP contribution in [0.1, 0.15) is 64.5 Å². The van der Waals surface area contributed by atoms with Crippen molar-refractivity contribution in [3.63, 3.8) is 0 Å². The summed E-state index contributed by atoms with van der Waals surface area (Å²) in [6.07, 6.45) is 3.28. The number of nitrogens with one attached hydrogen (secondary N) is 1. The molecule has 1 atom stereocenters. The maximum Gasteiger partial charge on any atom is 0.306 e. The lowest BCUT2D eigenvalue weighted by Crippen LogP contribution is -2.37. The van der Waals surface area contributed by atoms with E-state index in [1.54, 1.807) is 0 Å². The van der Waals surface area contributed by atoms with Crippen LogP contribution in [-0.2, 0) is 9.59 Å². The van der Waals surface area contributed by atoms with Gasteiger partial charge in [0.1, 0.15) is 5.75 Å². The molecule has 0 saturated heterocycles. The Hall–Kier alpha value is -2.04. The van der Waals surface area contributed by atoms with E-state index < -0.39 is 5.97 Å². The predicted octanol–water partition coefficient (Wildman–Crippen LogP) is 4.18. The highest BCUT2D eigenvalue weighted by Gasteiger charge is 2.31. The minimum Gasteiger partial charge on any atom is -0.494 e. The normalized spacial score (nSPS) is 21.2. The molecule has 0 spiro atoms. The summed E-state index contributed by atoms with van der Waals surface area (Å²) >= 11 is 0. The molecule has 1 aromatic carbocycles. The second kappa shape index (κ2) is 9.60. The lowest BCUT2D eigenvalue weighted by atomic mass is 9.81. The molecule has 1 aliphatic rings. The smallest absolute Gasteiger partial charge is 0.306 e. The first kappa shape index (κ1) is 20.3. The van der Waals surface area contributed by atoms with Gasteiger partial charge in [0, 0.05) is 11.5 Å². The largest absolute Gasteiger partial charge is 0.494 e. The molecule has 0 heterocycles. The quantitative estimate of drug-likeness (QED) is 0.728. The van der Waals surface area contributed by atoms with E-state index in [4.69, 9.17) is 9.84 Å². The summed E-state index contributed by atoms with van der Waals surface area (Å²) in [6, 6.07) is 7.77. The van der Waals surface area contributed by atoms with Crippen molar-refractivity contribution in [1.29, 1.82) is 0 Å². The monoisotopic (exact) mass is 361 g/mol. The zero-order valence-corrected chi connectivity index (χ0v) is 16.0. The SMILES string of the molecule is CCOc1ccccc1C(CC(C)C)NC(=O)C1CCC(C(=O)O)CC1. The van der Waals surface area contributed by atoms with Gasteiger partial charge in [0.05, 0.1) is 18.6 Å². The van der Waals surface area contributed by atoms with Crippen molar-refractivity contribution in [2.45, 2.75) is 58.9 Å². The van der Waals surface area contributed by atoms with Crippen LogP contribution in [0.2, 0.25) is 0 Å². The molecule has 1 fully saturated rings. The number of carboxylic acid groups (broad SMARTS) is 1. The van der Waals surface area contributed by atoms with E-state index >= 15 is 0 Å². The summed E-state index contributed by atoms with van der Waals surface area (Å²) in [5, 5.41) is 12.3. The standard InChI is InChI=1S/C21H31NO4/c1-4-26-19-8-6-5-7-17(19)18(13-14(2)3)22-20(23)15-9-11-16(12-10-15)21(24)25/h5-8,14-16,18H,4,9-13H2,1-3H3,(H,22,23)(H,24,25). The second-order valence-corrected chi connectivity index (χ2v) is 7.55. The first-order chi connectivity index (χ1) is 12.4. The maximum atomic E-state index is 12.8. The van der Waals surface area contributed by atoms with Gasteiger partial charge >= 0.3 is 5.97 Å². The second-order valence-electron chi connectivity index (χ2n) is 7.55. The fraction of sp³-hybridized carbons (Fsp3) is 0.619. The number of carboxylic acids is 1. The molecular formula is C21H31NO4. The van der Waals surface area contributed by atoms with E-state index in [0.717, 1.165) is 17.7 Å². The number of aliphatic carboxylic acids is 1. The molecule has 2 rings (SSSR count). The molecule has 0 aromatic heterocycles. The summed E-state index contributed by atoms with van der Waals surface area (Å²) in [7, 11) is 0. The van der Waals surface area contributed by atoms with Crippen LogP contribution >= 0.6 is 0 Å². The number of hydrogen-bond donors (Lipinski definition) is 2. The summed E-state index contributed by atoms with van der Waals surface area (Å²) in [5.74, 6) is 0.134. The average Bonchev–Trinajstić information content (AvgIpc) is 2.61. The molecule has 5 heteroatoms. The van der Waals surface area contributed by atoms with Gasteiger partial charge in [0.15, 0.2) is 0 Å². The number of para-hydroxylation sites is 1. The Labute approximate surface area is 156 Å². The van der Waals surface area contributed by atoms with E-state index in [1.165, 1.54) is 0 Å². The van der Waals surface area contributed by atoms with Gasteiger partial charge in [-0.3, -0.25) is 9.59 Å². The Morgan fingerprint density at radius 3 is 2.35 bits per heavy atom. The van der Waals surface area contributed by atoms with Crippen LogP contribution in [0, 0.1) is 17.8 Å². The van der Waals surface area contributed by atoms with Crippen LogP contribution in [0.3, 0.4) is 0 Å². The topological polar surface area (TPSA) is 75.6 Å². The van der Waals surface area contributed by atoms with Crippen molar-refractivity contribution < 1.29 is 19.4 Å². The van der Waals surface area contributed by atoms with Crippen LogP contribution in [0.5, 0.6) is 5.75 Å². The first-order valence-electron chi connectivity index (χ1n) is 9.67. The Bertz CT molecular complexity index is 606. The number of hydrogen-bond acceptors (Lipinski definition) is 3. The van der Waals surface area contributed by atoms with Crippen LogP contribution in [-0.4, -0.2) is 23.6 Å². The van der Waals surface area contributed by atoms with Crippen LogP contribution in [0.25, 0.3) is 0 Å². The van der Waals surface area contributed by atoms with Gasteiger partial charge in [-0.2, -0.15) is 0 Å². The van der Waals surface area contributed by atoms with Crippen molar-refractivity contribution >= 4 is 11.9 Å². The Kier molecular flexibility index (Phi) is 7.49. The van der Waals surface area contributed by atoms with Crippen LogP contribution < -0.4 is 10.1 Å². The van der Waals surface area contributed by atoms with Crippen molar-refractivity contribution in [2.24, 2.45) is 17.8 Å². The number of carbonyl (C=O) groups excluding carboxylic acids is 1. The zero-order chi connectivity index (χ0) is 19.1. The fourth-order valence-electron chi connectivity index (χ4n) is 3.68. The molecule has 0 aliphatic heterocycles. The number of rotatable bonds is 8. The van der Waals surface area contributed by atoms with Gasteiger partial charge in [-0.15, -0.1) is 0 Å². The highest BCUT2D eigenvalue weighted by atomic mass is 16.5. The Morgan fingerprint density at radius 2 is 1.77 bits per heavy atom. The fourth-order valence-corrected chi connectivity index (χ4v) is 3.68. The number of amides is 1. The van der Waals surface area contributed by atoms with E-state index in [9.17, 15) is 9.59 Å². The molecular weight excluding hydrogens is 330 g/mol. The number of ether oxygens (including phenoxy) is 1. The van der Waals surface area contributed by atoms with E-state index in [2.05, 4.69) is 19.2 Å². The van der Waals surface area contributed by atoms with Gasteiger partial charge in [-0.05, 0) is 51.0 Å². The first-order valence-corrected chi connectivity index (χ1v) is 9.67. The molecule has 144 valence electrons. The lowest BCUT2D eigenvalue weighted by Gasteiger charge is -2.29. The molecule has 1 unspecified atom stereocenters. The third-order valence-corrected chi connectivity index (χ3v) is 5.07. The summed E-state index contributed by atoms with van der Waals surface area (Å²) in [4.78, 5) is 23.9. The number of carbonyl (C=O) groups is 2. The molecule has 1 amide bonds. The van der Waals surface area contributed by atoms with Crippen molar-refractivity contribution in [3.05, 3.63) is 29.8 Å². The van der Waals surface area contributed by atoms with Gasteiger partial charge in [-0.25, -0.2) is 0 Å². The van der Waals surface area contributed by atoms with Crippen molar-refractivity contribution in [1.82, 2.24) is 5.32 Å². The van der Waals surface area contributed by atoms with Gasteiger partial charge in [-0.1, -0.05) is 32.0 Å². The summed E-state index contributed by atoms with van der Waals surface area (Å²) < 4.78 is 5.75. The molecule has 1 aliphatic carbocycles. The van der Waals surface area contributed by atoms with Crippen molar-refractivity contribution in [2.75, 3.05) is 6.61 Å². The van der Waals surface area contributed by atoms with Crippen LogP contribution in [0.4, 0.5) is 0 Å². The maximum absolute atomic E-state index is 12.8. The third-order valence-electron chi connectivity index (χ3n) is 5.07. The van der Waals surface area contributed by atoms with E-state index in [1.807, 2.05) is 31.2 Å². The van der Waals surface area contributed by atoms with Gasteiger partial charge in [0.25, 0.3) is 0 Å². The average molecular weight is 361 g/mol. The summed E-state index contributed by atoms with van der Waals surface area (Å²) in [6.45, 7) is 6.81. The van der Waals surface area contributed by atoms with Gasteiger partial charge < -0.3 is 15.2 Å². The Morgan fingerprint density at radius 1 is 1.15 bits per heavy atom. The third kappa shape index (κ3) is 5.48. The predicted molar refractivity (Wildman–Crippen MR) is 101 cm³/mol. The molecule has 26 heavy (non-hydrogen) atoms. The highest BCUT2D eigenvalue weighted by molar-refractivity contribution is 5.80. The zero-order valence-electron chi connectivity index (χ0n) is 16.0. The molecule has 0 bridgehead atoms. The van der Waals surface area contributed by atoms with Crippen LogP contribution in [0.15, 0.2) is 24.3 Å². The minimum absolute atomic E-state index is 0.0331. The highest BCUT2D eigenvalue weighted by Crippen LogP contribution is 2.32. The lowest BCUT2D eigenvalue weighted by molar-refractivity contribution is -0.144. The molecule has 1 saturated carbocycles. The van der Waals surface area contributed by atoms with E-state index in [-0.39, 0.29) is 23.8 Å².